The molecule has 7 nitrogen and oxygen atoms in total. The van der Waals surface area contributed by atoms with Crippen LogP contribution in [0.4, 0.5) is 0 Å². The predicted octanol–water partition coefficient (Wildman–Crippen LogP) is 1.53. The predicted molar refractivity (Wildman–Crippen MR) is 132 cm³/mol. The first kappa shape index (κ1) is 27.2. The van der Waals surface area contributed by atoms with Gasteiger partial charge in [-0.1, -0.05) is 52.8 Å². The molecule has 0 radical (unpaired) electrons. The monoisotopic (exact) mass is 494 g/mol. The highest BCUT2D eigenvalue weighted by Gasteiger charge is 2.76. The van der Waals surface area contributed by atoms with Crippen molar-refractivity contribution < 1.29 is 35.7 Å². The van der Waals surface area contributed by atoms with Gasteiger partial charge in [0.2, 0.25) is 0 Å². The van der Waals surface area contributed by atoms with Crippen LogP contribution in [0.2, 0.25) is 0 Å². The fraction of sp³-hybridized carbons (Fsp3) is 0.857. The highest BCUT2D eigenvalue weighted by Crippen LogP contribution is 2.69. The molecule has 0 amide bonds. The highest BCUT2D eigenvalue weighted by atomic mass is 16.4. The normalized spacial score (nSPS) is 51.5. The van der Waals surface area contributed by atoms with E-state index in [0.29, 0.717) is 17.4 Å². The molecule has 7 N–H and O–H groups in total. The maximum atomic E-state index is 12.3. The Morgan fingerprint density at radius 1 is 0.943 bits per heavy atom. The lowest BCUT2D eigenvalue weighted by molar-refractivity contribution is -0.310. The van der Waals surface area contributed by atoms with E-state index in [9.17, 15) is 35.7 Å². The van der Waals surface area contributed by atoms with Crippen LogP contribution in [-0.4, -0.2) is 78.0 Å². The first-order valence-corrected chi connectivity index (χ1v) is 13.4. The molecule has 7 heteroatoms. The Morgan fingerprint density at radius 2 is 1.57 bits per heavy atom. The van der Waals surface area contributed by atoms with E-state index in [1.54, 1.807) is 0 Å². The second-order valence-electron chi connectivity index (χ2n) is 12.8. The van der Waals surface area contributed by atoms with Gasteiger partial charge in [0.25, 0.3) is 0 Å². The third-order valence-electron chi connectivity index (χ3n) is 10.9. The lowest BCUT2D eigenvalue weighted by atomic mass is 9.42. The maximum Gasteiger partial charge on any atom is 0.123 e. The van der Waals surface area contributed by atoms with Gasteiger partial charge in [0.1, 0.15) is 17.3 Å². The summed E-state index contributed by atoms with van der Waals surface area (Å²) >= 11 is 0. The summed E-state index contributed by atoms with van der Waals surface area (Å²) < 4.78 is 0. The Kier molecular flexibility index (Phi) is 6.92. The molecule has 4 aliphatic carbocycles. The molecule has 0 aromatic rings. The molecule has 0 bridgehead atoms. The van der Waals surface area contributed by atoms with Crippen molar-refractivity contribution in [3.63, 3.8) is 0 Å². The van der Waals surface area contributed by atoms with Crippen LogP contribution in [0.5, 0.6) is 0 Å². The summed E-state index contributed by atoms with van der Waals surface area (Å²) in [6.45, 7) is 10.2. The minimum absolute atomic E-state index is 0.147. The molecule has 3 saturated carbocycles. The third kappa shape index (κ3) is 3.57. The van der Waals surface area contributed by atoms with Crippen molar-refractivity contribution in [2.75, 3.05) is 6.61 Å². The van der Waals surface area contributed by atoms with E-state index >= 15 is 0 Å². The first-order valence-electron chi connectivity index (χ1n) is 13.4. The zero-order chi connectivity index (χ0) is 26.1. The van der Waals surface area contributed by atoms with Crippen molar-refractivity contribution in [1.29, 1.82) is 0 Å². The molecule has 0 unspecified atom stereocenters. The fourth-order valence-electron chi connectivity index (χ4n) is 8.34. The summed E-state index contributed by atoms with van der Waals surface area (Å²) in [5.41, 5.74) is -5.81. The summed E-state index contributed by atoms with van der Waals surface area (Å²) in [6, 6.07) is 0. The molecule has 0 aliphatic heterocycles. The Balaban J connectivity index is 1.76. The van der Waals surface area contributed by atoms with Gasteiger partial charge in [0, 0.05) is 6.42 Å². The quantitative estimate of drug-likeness (QED) is 0.287. The molecule has 0 heterocycles. The average Bonchev–Trinajstić information content (AvgIpc) is 3.12. The minimum atomic E-state index is -2.09. The van der Waals surface area contributed by atoms with Gasteiger partial charge in [-0.15, -0.1) is 0 Å². The number of rotatable bonds is 5. The van der Waals surface area contributed by atoms with Crippen molar-refractivity contribution in [2.24, 2.45) is 40.4 Å². The SMILES string of the molecule is CC(C)[C@H](C)/C=C/[C@@H](C)[C@H]1CC[C@H]2C3=C[C@@H](O)[C@@]4(O)C[C@@H](O)[C@H](O)C[C@]4(CO)[C@@]3(O)[C@H](O)C[C@]12C. The molecule has 200 valence electrons. The summed E-state index contributed by atoms with van der Waals surface area (Å²) in [4.78, 5) is 0. The molecule has 0 aromatic carbocycles. The highest BCUT2D eigenvalue weighted by molar-refractivity contribution is 5.43. The second kappa shape index (κ2) is 8.90. The van der Waals surface area contributed by atoms with Gasteiger partial charge >= 0.3 is 0 Å². The molecule has 0 saturated heterocycles. The first-order chi connectivity index (χ1) is 16.2. The molecular formula is C28H46O7. The van der Waals surface area contributed by atoms with Gasteiger partial charge in [-0.2, -0.15) is 0 Å². The van der Waals surface area contributed by atoms with E-state index in [0.717, 1.165) is 12.8 Å². The molecule has 0 aromatic heterocycles. The molecule has 35 heavy (non-hydrogen) atoms. The minimum Gasteiger partial charge on any atom is -0.396 e. The van der Waals surface area contributed by atoms with E-state index in [-0.39, 0.29) is 36.0 Å². The molecule has 4 aliphatic rings. The topological polar surface area (TPSA) is 142 Å². The largest absolute Gasteiger partial charge is 0.396 e. The van der Waals surface area contributed by atoms with E-state index in [1.165, 1.54) is 6.08 Å². The molecular weight excluding hydrogens is 448 g/mol. The van der Waals surface area contributed by atoms with E-state index < -0.39 is 54.1 Å². The Bertz CT molecular complexity index is 871. The van der Waals surface area contributed by atoms with Crippen LogP contribution < -0.4 is 0 Å². The zero-order valence-corrected chi connectivity index (χ0v) is 21.8. The summed E-state index contributed by atoms with van der Waals surface area (Å²) in [5.74, 6) is 1.37. The maximum absolute atomic E-state index is 12.3. The molecule has 12 atom stereocenters. The number of hydrogen-bond donors (Lipinski definition) is 7. The number of aliphatic hydroxyl groups is 7. The molecule has 0 spiro atoms. The van der Waals surface area contributed by atoms with Crippen LogP contribution in [0.3, 0.4) is 0 Å². The van der Waals surface area contributed by atoms with E-state index in [2.05, 4.69) is 46.8 Å². The van der Waals surface area contributed by atoms with Gasteiger partial charge in [-0.3, -0.25) is 0 Å². The average molecular weight is 495 g/mol. The number of fused-ring (bicyclic) bond motifs is 5. The van der Waals surface area contributed by atoms with Gasteiger partial charge in [0.05, 0.1) is 30.3 Å². The lowest BCUT2D eigenvalue weighted by Crippen LogP contribution is -2.79. The van der Waals surface area contributed by atoms with Crippen LogP contribution in [0.15, 0.2) is 23.8 Å². The van der Waals surface area contributed by atoms with Gasteiger partial charge in [-0.25, -0.2) is 0 Å². The zero-order valence-electron chi connectivity index (χ0n) is 21.8. The van der Waals surface area contributed by atoms with Crippen LogP contribution in [-0.2, 0) is 0 Å². The van der Waals surface area contributed by atoms with E-state index in [1.807, 2.05) is 0 Å². The number of aliphatic hydroxyl groups excluding tert-OH is 5. The summed E-state index contributed by atoms with van der Waals surface area (Å²) in [5, 5.41) is 78.1. The Labute approximate surface area is 209 Å². The van der Waals surface area contributed by atoms with Crippen molar-refractivity contribution in [1.82, 2.24) is 0 Å². The van der Waals surface area contributed by atoms with E-state index in [4.69, 9.17) is 0 Å². The van der Waals surface area contributed by atoms with Crippen LogP contribution in [0, 0.1) is 40.4 Å². The van der Waals surface area contributed by atoms with Gasteiger partial charge in [0.15, 0.2) is 0 Å². The van der Waals surface area contributed by atoms with Crippen molar-refractivity contribution in [3.8, 4) is 0 Å². The lowest BCUT2D eigenvalue weighted by Gasteiger charge is -2.67. The van der Waals surface area contributed by atoms with Crippen LogP contribution in [0.1, 0.15) is 66.7 Å². The Hall–Kier alpha value is -0.800. The fourth-order valence-corrected chi connectivity index (χ4v) is 8.34. The molecule has 3 fully saturated rings. The second-order valence-corrected chi connectivity index (χ2v) is 12.8. The Morgan fingerprint density at radius 3 is 2.17 bits per heavy atom. The van der Waals surface area contributed by atoms with Crippen molar-refractivity contribution in [2.45, 2.75) is 102 Å². The van der Waals surface area contributed by atoms with Crippen LogP contribution >= 0.6 is 0 Å². The third-order valence-corrected chi connectivity index (χ3v) is 10.9. The summed E-state index contributed by atoms with van der Waals surface area (Å²) in [7, 11) is 0. The van der Waals surface area contributed by atoms with Gasteiger partial charge < -0.3 is 35.7 Å². The number of allylic oxidation sites excluding steroid dienone is 2. The van der Waals surface area contributed by atoms with Crippen molar-refractivity contribution >= 4 is 0 Å². The summed E-state index contributed by atoms with van der Waals surface area (Å²) in [6.07, 6.45) is 1.83. The van der Waals surface area contributed by atoms with Gasteiger partial charge in [-0.05, 0) is 66.3 Å². The molecule has 4 rings (SSSR count). The standard InChI is InChI=1S/C28H46O7/c1-15(2)16(3)6-7-17(4)18-8-9-19-20-10-23(32)27(34)12-22(31)21(30)11-26(27,14-29)28(20,35)24(33)13-25(18,19)5/h6-7,10,15-19,21-24,29-35H,8-9,11-14H2,1-5H3/b7-6+/t16-,17-,18-,19+,21-,22-,23-,24-,25-,26-,27+,28+/m1/s1. The number of hydrogen-bond acceptors (Lipinski definition) is 7. The van der Waals surface area contributed by atoms with Crippen molar-refractivity contribution in [3.05, 3.63) is 23.8 Å². The smallest absolute Gasteiger partial charge is 0.123 e. The van der Waals surface area contributed by atoms with Crippen LogP contribution in [0.25, 0.3) is 0 Å².